The molecule has 0 aromatic heterocycles. The Morgan fingerprint density at radius 2 is 1.81 bits per heavy atom. The van der Waals surface area contributed by atoms with Crippen molar-refractivity contribution in [3.8, 4) is 5.75 Å². The number of rotatable bonds is 5. The van der Waals surface area contributed by atoms with E-state index >= 15 is 0 Å². The molecular formula is C20H22Cl2N2O2. The summed E-state index contributed by atoms with van der Waals surface area (Å²) in [7, 11) is 0. The first-order valence-corrected chi connectivity index (χ1v) is 9.54. The fourth-order valence-electron chi connectivity index (χ4n) is 3.06. The predicted octanol–water partition coefficient (Wildman–Crippen LogP) is 4.50. The van der Waals surface area contributed by atoms with Crippen molar-refractivity contribution in [2.24, 2.45) is 0 Å². The number of benzene rings is 2. The first kappa shape index (κ1) is 18.9. The molecule has 2 aromatic carbocycles. The topological polar surface area (TPSA) is 32.8 Å². The Kier molecular flexibility index (Phi) is 6.28. The number of nitrogens with zero attached hydrogens (tertiary/aromatic N) is 2. The van der Waals surface area contributed by atoms with Gasteiger partial charge in [-0.25, -0.2) is 0 Å². The van der Waals surface area contributed by atoms with Crippen LogP contribution >= 0.6 is 23.2 Å². The second-order valence-corrected chi connectivity index (χ2v) is 7.08. The summed E-state index contributed by atoms with van der Waals surface area (Å²) in [6.45, 7) is 4.81. The van der Waals surface area contributed by atoms with Gasteiger partial charge in [0.05, 0.1) is 5.02 Å². The van der Waals surface area contributed by atoms with Crippen LogP contribution in [0.25, 0.3) is 0 Å². The second kappa shape index (κ2) is 8.65. The molecule has 0 spiro atoms. The molecule has 1 aliphatic rings. The third-order valence-electron chi connectivity index (χ3n) is 4.52. The molecule has 1 aliphatic heterocycles. The zero-order valence-corrected chi connectivity index (χ0v) is 16.2. The van der Waals surface area contributed by atoms with E-state index in [9.17, 15) is 4.79 Å². The maximum Gasteiger partial charge on any atom is 0.263 e. The average molecular weight is 393 g/mol. The fraction of sp³-hybridized carbons (Fsp3) is 0.350. The second-order valence-electron chi connectivity index (χ2n) is 6.24. The molecule has 0 aliphatic carbocycles. The van der Waals surface area contributed by atoms with Gasteiger partial charge in [-0.3, -0.25) is 4.79 Å². The Morgan fingerprint density at radius 1 is 1.08 bits per heavy atom. The lowest BCUT2D eigenvalue weighted by atomic mass is 10.2. The zero-order chi connectivity index (χ0) is 18.5. The molecule has 4 nitrogen and oxygen atoms in total. The van der Waals surface area contributed by atoms with Gasteiger partial charge in [0, 0.05) is 36.9 Å². The normalized spacial score (nSPS) is 15.7. The maximum absolute atomic E-state index is 12.9. The van der Waals surface area contributed by atoms with Crippen LogP contribution in [0.15, 0.2) is 48.5 Å². The highest BCUT2D eigenvalue weighted by atomic mass is 35.5. The average Bonchev–Trinajstić information content (AvgIpc) is 2.67. The van der Waals surface area contributed by atoms with Crippen LogP contribution in [0.2, 0.25) is 10.0 Å². The van der Waals surface area contributed by atoms with E-state index < -0.39 is 6.10 Å². The molecule has 1 atom stereocenters. The van der Waals surface area contributed by atoms with E-state index in [1.165, 1.54) is 0 Å². The van der Waals surface area contributed by atoms with Crippen molar-refractivity contribution in [1.29, 1.82) is 0 Å². The van der Waals surface area contributed by atoms with Gasteiger partial charge >= 0.3 is 0 Å². The Labute approximate surface area is 164 Å². The summed E-state index contributed by atoms with van der Waals surface area (Å²) in [5, 5.41) is 1.24. The molecule has 0 bridgehead atoms. The quantitative estimate of drug-likeness (QED) is 0.750. The summed E-state index contributed by atoms with van der Waals surface area (Å²) < 4.78 is 5.88. The fourth-order valence-corrected chi connectivity index (χ4v) is 3.43. The Balaban J connectivity index is 1.60. The molecule has 1 unspecified atom stereocenters. The summed E-state index contributed by atoms with van der Waals surface area (Å²) in [6, 6.07) is 15.0. The Bertz CT molecular complexity index is 761. The molecule has 1 fully saturated rings. The van der Waals surface area contributed by atoms with Crippen molar-refractivity contribution in [2.75, 3.05) is 31.1 Å². The van der Waals surface area contributed by atoms with Crippen molar-refractivity contribution in [1.82, 2.24) is 4.90 Å². The van der Waals surface area contributed by atoms with Crippen LogP contribution < -0.4 is 9.64 Å². The van der Waals surface area contributed by atoms with Crippen LogP contribution in [0.3, 0.4) is 0 Å². The summed E-state index contributed by atoms with van der Waals surface area (Å²) >= 11 is 12.2. The van der Waals surface area contributed by atoms with E-state index in [1.54, 1.807) is 12.1 Å². The predicted molar refractivity (Wildman–Crippen MR) is 106 cm³/mol. The van der Waals surface area contributed by atoms with Crippen LogP contribution in [0.5, 0.6) is 5.75 Å². The monoisotopic (exact) mass is 392 g/mol. The van der Waals surface area contributed by atoms with Gasteiger partial charge in [-0.15, -0.1) is 0 Å². The van der Waals surface area contributed by atoms with Crippen LogP contribution in [-0.2, 0) is 4.79 Å². The number of anilines is 1. The molecule has 1 heterocycles. The lowest BCUT2D eigenvalue weighted by Crippen LogP contribution is -2.52. The molecular weight excluding hydrogens is 371 g/mol. The highest BCUT2D eigenvalue weighted by Crippen LogP contribution is 2.26. The van der Waals surface area contributed by atoms with E-state index in [2.05, 4.69) is 4.90 Å². The van der Waals surface area contributed by atoms with Crippen molar-refractivity contribution >= 4 is 34.8 Å². The van der Waals surface area contributed by atoms with Crippen LogP contribution in [-0.4, -0.2) is 43.1 Å². The molecule has 0 radical (unpaired) electrons. The van der Waals surface area contributed by atoms with Crippen LogP contribution in [0, 0.1) is 0 Å². The van der Waals surface area contributed by atoms with Gasteiger partial charge in [-0.2, -0.15) is 0 Å². The molecule has 2 aromatic rings. The smallest absolute Gasteiger partial charge is 0.263 e. The number of halogens is 2. The van der Waals surface area contributed by atoms with Gasteiger partial charge in [0.25, 0.3) is 5.91 Å². The van der Waals surface area contributed by atoms with Crippen molar-refractivity contribution in [3.63, 3.8) is 0 Å². The van der Waals surface area contributed by atoms with E-state index in [-0.39, 0.29) is 5.91 Å². The molecule has 6 heteroatoms. The maximum atomic E-state index is 12.9. The van der Waals surface area contributed by atoms with Gasteiger partial charge in [-0.1, -0.05) is 48.3 Å². The van der Waals surface area contributed by atoms with Gasteiger partial charge in [-0.05, 0) is 36.8 Å². The first-order chi connectivity index (χ1) is 12.6. The molecule has 1 amide bonds. The molecule has 1 saturated heterocycles. The summed E-state index contributed by atoms with van der Waals surface area (Å²) in [5.74, 6) is 0.560. The molecule has 3 rings (SSSR count). The van der Waals surface area contributed by atoms with Gasteiger partial charge in [0.15, 0.2) is 6.10 Å². The summed E-state index contributed by atoms with van der Waals surface area (Å²) in [5.41, 5.74) is 1.09. The lowest BCUT2D eigenvalue weighted by molar-refractivity contribution is -0.139. The van der Waals surface area contributed by atoms with Crippen LogP contribution in [0.1, 0.15) is 13.3 Å². The molecule has 138 valence electrons. The van der Waals surface area contributed by atoms with E-state index in [0.717, 1.165) is 23.8 Å². The van der Waals surface area contributed by atoms with Gasteiger partial charge in [0.1, 0.15) is 5.75 Å². The Hall–Kier alpha value is -1.91. The SMILES string of the molecule is CCC(Oc1ccccc1Cl)C(=O)N1CCN(c2cccc(Cl)c2)CC1. The molecule has 26 heavy (non-hydrogen) atoms. The largest absolute Gasteiger partial charge is 0.479 e. The lowest BCUT2D eigenvalue weighted by Gasteiger charge is -2.37. The molecule has 0 saturated carbocycles. The van der Waals surface area contributed by atoms with Gasteiger partial charge in [0.2, 0.25) is 0 Å². The number of carbonyl (C=O) groups is 1. The number of piperazine rings is 1. The number of amides is 1. The first-order valence-electron chi connectivity index (χ1n) is 8.79. The third kappa shape index (κ3) is 4.43. The number of carbonyl (C=O) groups excluding carboxylic acids is 1. The summed E-state index contributed by atoms with van der Waals surface area (Å²) in [4.78, 5) is 17.0. The minimum Gasteiger partial charge on any atom is -0.479 e. The summed E-state index contributed by atoms with van der Waals surface area (Å²) in [6.07, 6.45) is 0.0751. The third-order valence-corrected chi connectivity index (χ3v) is 5.06. The van der Waals surface area contributed by atoms with Gasteiger partial charge < -0.3 is 14.5 Å². The number of hydrogen-bond acceptors (Lipinski definition) is 3. The van der Waals surface area contributed by atoms with Crippen molar-refractivity contribution in [2.45, 2.75) is 19.4 Å². The highest BCUT2D eigenvalue weighted by molar-refractivity contribution is 6.32. The zero-order valence-electron chi connectivity index (χ0n) is 14.7. The molecule has 0 N–H and O–H groups in total. The number of ether oxygens (including phenoxy) is 1. The van der Waals surface area contributed by atoms with Crippen LogP contribution in [0.4, 0.5) is 5.69 Å². The standard InChI is InChI=1S/C20H22Cl2N2O2/c1-2-18(26-19-9-4-3-8-17(19)22)20(25)24-12-10-23(11-13-24)16-7-5-6-15(21)14-16/h3-9,14,18H,2,10-13H2,1H3. The van der Waals surface area contributed by atoms with Crippen molar-refractivity contribution < 1.29 is 9.53 Å². The minimum atomic E-state index is -0.521. The number of para-hydroxylation sites is 1. The Morgan fingerprint density at radius 3 is 2.46 bits per heavy atom. The van der Waals surface area contributed by atoms with E-state index in [4.69, 9.17) is 27.9 Å². The minimum absolute atomic E-state index is 0.0122. The van der Waals surface area contributed by atoms with Crippen molar-refractivity contribution in [3.05, 3.63) is 58.6 Å². The van der Waals surface area contributed by atoms with E-state index in [0.29, 0.717) is 30.3 Å². The number of hydrogen-bond donors (Lipinski definition) is 0. The highest BCUT2D eigenvalue weighted by Gasteiger charge is 2.28. The van der Waals surface area contributed by atoms with E-state index in [1.807, 2.05) is 48.2 Å².